The van der Waals surface area contributed by atoms with Crippen LogP contribution in [0.3, 0.4) is 0 Å². The highest BCUT2D eigenvalue weighted by Crippen LogP contribution is 2.31. The van der Waals surface area contributed by atoms with Gasteiger partial charge >= 0.3 is 0 Å². The highest BCUT2D eigenvalue weighted by atomic mass is 32.2. The van der Waals surface area contributed by atoms with Crippen molar-refractivity contribution in [3.05, 3.63) is 59.7 Å². The van der Waals surface area contributed by atoms with Crippen molar-refractivity contribution in [1.29, 1.82) is 0 Å². The number of amidine groups is 1. The summed E-state index contributed by atoms with van der Waals surface area (Å²) in [6.07, 6.45) is 1.34. The van der Waals surface area contributed by atoms with Gasteiger partial charge in [-0.25, -0.2) is 0 Å². The molecule has 2 aromatic carbocycles. The van der Waals surface area contributed by atoms with Gasteiger partial charge in [0.15, 0.2) is 5.84 Å². The third-order valence-corrected chi connectivity index (χ3v) is 6.20. The number of fused-ring (bicyclic) bond motifs is 1. The maximum absolute atomic E-state index is 12.8. The molecule has 0 spiro atoms. The van der Waals surface area contributed by atoms with Gasteiger partial charge in [0.2, 0.25) is 11.8 Å². The van der Waals surface area contributed by atoms with E-state index in [1.807, 2.05) is 0 Å². The van der Waals surface area contributed by atoms with Crippen molar-refractivity contribution in [2.75, 3.05) is 11.9 Å². The average Bonchev–Trinajstić information content (AvgIpc) is 3.25. The predicted molar refractivity (Wildman–Crippen MR) is 103 cm³/mol. The molecule has 1 atom stereocenters. The van der Waals surface area contributed by atoms with Crippen molar-refractivity contribution in [2.45, 2.75) is 23.8 Å². The topological polar surface area (TPSA) is 122 Å². The maximum atomic E-state index is 12.8. The molecule has 28 heavy (non-hydrogen) atoms. The molecule has 9 heteroatoms. The Hall–Kier alpha value is -3.20. The van der Waals surface area contributed by atoms with Crippen molar-refractivity contribution in [2.24, 2.45) is 10.1 Å². The highest BCUT2D eigenvalue weighted by molar-refractivity contribution is 7.90. The van der Waals surface area contributed by atoms with E-state index < -0.39 is 22.0 Å². The molecule has 1 fully saturated rings. The number of benzene rings is 2. The Kier molecular flexibility index (Phi) is 4.38. The molecule has 0 aliphatic carbocycles. The van der Waals surface area contributed by atoms with Crippen LogP contribution in [-0.2, 0) is 14.8 Å². The minimum absolute atomic E-state index is 0.165. The third kappa shape index (κ3) is 3.13. The molecule has 8 nitrogen and oxygen atoms in total. The lowest BCUT2D eigenvalue weighted by Gasteiger charge is -2.25. The number of nitrogens with zero attached hydrogens (tertiary/aromatic N) is 2. The zero-order valence-corrected chi connectivity index (χ0v) is 15.6. The smallest absolute Gasteiger partial charge is 0.285 e. The van der Waals surface area contributed by atoms with Crippen molar-refractivity contribution in [3.63, 3.8) is 0 Å². The van der Waals surface area contributed by atoms with Gasteiger partial charge in [-0.1, -0.05) is 12.1 Å². The molecular formula is C19H18N4O4S. The van der Waals surface area contributed by atoms with Crippen LogP contribution in [0.15, 0.2) is 57.8 Å². The summed E-state index contributed by atoms with van der Waals surface area (Å²) in [5, 5.41) is 2.81. The van der Waals surface area contributed by atoms with Crippen LogP contribution >= 0.6 is 0 Å². The number of primary amides is 1. The molecule has 4 rings (SSSR count). The molecule has 1 saturated heterocycles. The summed E-state index contributed by atoms with van der Waals surface area (Å²) in [6.45, 7) is 0.543. The van der Waals surface area contributed by atoms with Gasteiger partial charge in [-0.2, -0.15) is 8.42 Å². The number of amides is 2. The van der Waals surface area contributed by atoms with Gasteiger partial charge in [0.25, 0.3) is 10.0 Å². The van der Waals surface area contributed by atoms with Crippen molar-refractivity contribution in [1.82, 2.24) is 4.90 Å². The first-order chi connectivity index (χ1) is 13.4. The lowest BCUT2D eigenvalue weighted by molar-refractivity contribution is -0.119. The molecular weight excluding hydrogens is 380 g/mol. The predicted octanol–water partition coefficient (Wildman–Crippen LogP) is 1.34. The number of hydrogen-bond acceptors (Lipinski definition) is 5. The van der Waals surface area contributed by atoms with Gasteiger partial charge in [0, 0.05) is 23.4 Å². The Morgan fingerprint density at radius 1 is 1.11 bits per heavy atom. The lowest BCUT2D eigenvalue weighted by Crippen LogP contribution is -2.43. The number of hydrogen-bond donors (Lipinski definition) is 2. The molecule has 0 saturated carbocycles. The summed E-state index contributed by atoms with van der Waals surface area (Å²) >= 11 is 0. The second-order valence-electron chi connectivity index (χ2n) is 6.67. The van der Waals surface area contributed by atoms with E-state index in [1.165, 1.54) is 18.2 Å². The van der Waals surface area contributed by atoms with E-state index >= 15 is 0 Å². The largest absolute Gasteiger partial charge is 0.366 e. The number of sulfonamides is 1. The number of carbonyl (C=O) groups is 2. The van der Waals surface area contributed by atoms with Crippen LogP contribution in [0, 0.1) is 0 Å². The minimum Gasteiger partial charge on any atom is -0.366 e. The second-order valence-corrected chi connectivity index (χ2v) is 8.24. The van der Waals surface area contributed by atoms with E-state index in [2.05, 4.69) is 9.71 Å². The third-order valence-electron chi connectivity index (χ3n) is 4.88. The maximum Gasteiger partial charge on any atom is 0.285 e. The van der Waals surface area contributed by atoms with Gasteiger partial charge < -0.3 is 16.0 Å². The monoisotopic (exact) mass is 398 g/mol. The van der Waals surface area contributed by atoms with Crippen molar-refractivity contribution in [3.8, 4) is 0 Å². The van der Waals surface area contributed by atoms with Crippen LogP contribution in [-0.4, -0.2) is 43.6 Å². The highest BCUT2D eigenvalue weighted by Gasteiger charge is 2.39. The lowest BCUT2D eigenvalue weighted by atomic mass is 10.1. The first-order valence-corrected chi connectivity index (χ1v) is 10.2. The van der Waals surface area contributed by atoms with Crippen LogP contribution < -0.4 is 11.1 Å². The van der Waals surface area contributed by atoms with Crippen LogP contribution in [0.5, 0.6) is 0 Å². The number of nitrogens with two attached hydrogens (primary N) is 1. The molecule has 0 radical (unpaired) electrons. The summed E-state index contributed by atoms with van der Waals surface area (Å²) in [5.41, 5.74) is 6.62. The van der Waals surface area contributed by atoms with Crippen LogP contribution in [0.4, 0.5) is 5.69 Å². The molecule has 2 heterocycles. The quantitative estimate of drug-likeness (QED) is 0.808. The van der Waals surface area contributed by atoms with E-state index in [0.717, 1.165) is 6.42 Å². The second kappa shape index (κ2) is 6.75. The fraction of sp³-hybridized carbons (Fsp3) is 0.211. The van der Waals surface area contributed by atoms with E-state index in [0.29, 0.717) is 35.6 Å². The van der Waals surface area contributed by atoms with E-state index in [4.69, 9.17) is 5.73 Å². The fourth-order valence-corrected chi connectivity index (χ4v) is 4.75. The summed E-state index contributed by atoms with van der Waals surface area (Å²) in [7, 11) is -3.74. The summed E-state index contributed by atoms with van der Waals surface area (Å²) < 4.78 is 28.6. The van der Waals surface area contributed by atoms with Crippen molar-refractivity contribution < 1.29 is 18.0 Å². The Balaban J connectivity index is 1.57. The first kappa shape index (κ1) is 18.2. The first-order valence-electron chi connectivity index (χ1n) is 8.78. The molecule has 3 N–H and O–H groups in total. The summed E-state index contributed by atoms with van der Waals surface area (Å²) in [4.78, 5) is 25.9. The normalized spacial score (nSPS) is 19.8. The molecule has 0 unspecified atom stereocenters. The SMILES string of the molecule is NC(=O)c1ccc(NC(=O)[C@@H]2CCCN2C2=NS(=O)(=O)c3ccccc32)cc1. The molecule has 2 aliphatic heterocycles. The molecule has 2 aromatic rings. The Morgan fingerprint density at radius 3 is 2.54 bits per heavy atom. The zero-order valence-electron chi connectivity index (χ0n) is 14.8. The van der Waals surface area contributed by atoms with Gasteiger partial charge in [-0.15, -0.1) is 4.40 Å². The van der Waals surface area contributed by atoms with Crippen LogP contribution in [0.2, 0.25) is 0 Å². The van der Waals surface area contributed by atoms with Crippen LogP contribution in [0.1, 0.15) is 28.8 Å². The average molecular weight is 398 g/mol. The summed E-state index contributed by atoms with van der Waals surface area (Å²) in [6, 6.07) is 12.4. The van der Waals surface area contributed by atoms with E-state index in [1.54, 1.807) is 35.2 Å². The van der Waals surface area contributed by atoms with Gasteiger partial charge in [0.05, 0.1) is 0 Å². The number of rotatable bonds is 3. The van der Waals surface area contributed by atoms with Gasteiger partial charge in [-0.3, -0.25) is 9.59 Å². The standard InChI is InChI=1S/C19H18N4O4S/c20-17(24)12-7-9-13(10-8-12)21-19(25)15-5-3-11-23(15)18-14-4-1-2-6-16(14)28(26,27)22-18/h1-2,4,6-10,15H,3,5,11H2,(H2,20,24)(H,21,25)/t15-/m0/s1. The number of carbonyl (C=O) groups excluding carboxylic acids is 2. The molecule has 0 bridgehead atoms. The van der Waals surface area contributed by atoms with E-state index in [-0.39, 0.29) is 10.8 Å². The Morgan fingerprint density at radius 2 is 1.82 bits per heavy atom. The Bertz CT molecular complexity index is 1090. The van der Waals surface area contributed by atoms with Gasteiger partial charge in [0.1, 0.15) is 10.9 Å². The van der Waals surface area contributed by atoms with Crippen molar-refractivity contribution >= 4 is 33.4 Å². The molecule has 2 aliphatic rings. The molecule has 144 valence electrons. The van der Waals surface area contributed by atoms with E-state index in [9.17, 15) is 18.0 Å². The summed E-state index contributed by atoms with van der Waals surface area (Å²) in [5.74, 6) is -0.481. The number of likely N-dealkylation sites (tertiary alicyclic amines) is 1. The molecule has 0 aromatic heterocycles. The molecule has 2 amide bonds. The Labute approximate surface area is 162 Å². The number of nitrogens with one attached hydrogen (secondary N) is 1. The van der Waals surface area contributed by atoms with Crippen LogP contribution in [0.25, 0.3) is 0 Å². The van der Waals surface area contributed by atoms with Gasteiger partial charge in [-0.05, 0) is 49.2 Å². The fourth-order valence-electron chi connectivity index (χ4n) is 3.53. The zero-order chi connectivity index (χ0) is 19.9. The number of anilines is 1. The minimum atomic E-state index is -3.74.